The molecule has 0 amide bonds. The zero-order valence-electron chi connectivity index (χ0n) is 29.6. The van der Waals surface area contributed by atoms with E-state index in [0.29, 0.717) is 0 Å². The van der Waals surface area contributed by atoms with Gasteiger partial charge in [0.15, 0.2) is 11.2 Å². The van der Waals surface area contributed by atoms with E-state index in [1.807, 2.05) is 0 Å². The largest absolute Gasteiger partial charge is 0.472 e. The molecule has 10 rings (SSSR count). The highest BCUT2D eigenvalue weighted by molar-refractivity contribution is 6.00. The molecular formula is C52H36O2. The Balaban J connectivity index is 1.17. The van der Waals surface area contributed by atoms with Gasteiger partial charge in [-0.25, -0.2) is 0 Å². The van der Waals surface area contributed by atoms with Gasteiger partial charge in [-0.15, -0.1) is 0 Å². The van der Waals surface area contributed by atoms with E-state index in [4.69, 9.17) is 9.47 Å². The molecule has 0 fully saturated rings. The van der Waals surface area contributed by atoms with E-state index in [1.54, 1.807) is 0 Å². The Bertz CT molecular complexity index is 2470. The van der Waals surface area contributed by atoms with E-state index in [9.17, 15) is 0 Å². The predicted molar refractivity (Wildman–Crippen MR) is 223 cm³/mol. The number of hydrogen-bond acceptors (Lipinski definition) is 2. The third-order valence-electron chi connectivity index (χ3n) is 10.9. The van der Waals surface area contributed by atoms with Crippen molar-refractivity contribution in [3.05, 3.63) is 239 Å². The first-order valence-electron chi connectivity index (χ1n) is 18.5. The van der Waals surface area contributed by atoms with Crippen molar-refractivity contribution in [2.45, 2.75) is 11.2 Å². The molecule has 54 heavy (non-hydrogen) atoms. The van der Waals surface area contributed by atoms with Crippen LogP contribution in [0.3, 0.4) is 0 Å². The molecule has 2 heteroatoms. The van der Waals surface area contributed by atoms with Gasteiger partial charge in [0.1, 0.15) is 11.5 Å². The summed E-state index contributed by atoms with van der Waals surface area (Å²) in [5.41, 5.74) is 6.81. The minimum atomic E-state index is -0.804. The van der Waals surface area contributed by atoms with E-state index >= 15 is 0 Å². The topological polar surface area (TPSA) is 18.5 Å². The molecule has 2 nitrogen and oxygen atoms in total. The van der Waals surface area contributed by atoms with Crippen molar-refractivity contribution in [2.24, 2.45) is 0 Å². The fourth-order valence-corrected chi connectivity index (χ4v) is 8.23. The van der Waals surface area contributed by atoms with Crippen LogP contribution in [0.1, 0.15) is 44.5 Å². The van der Waals surface area contributed by atoms with Gasteiger partial charge in [0.2, 0.25) is 0 Å². The molecule has 0 radical (unpaired) electrons. The van der Waals surface area contributed by atoms with Gasteiger partial charge in [0, 0.05) is 44.5 Å². The Morgan fingerprint density at radius 1 is 0.352 bits per heavy atom. The van der Waals surface area contributed by atoms with Crippen molar-refractivity contribution in [2.75, 3.05) is 0 Å². The van der Waals surface area contributed by atoms with E-state index in [2.05, 4.69) is 218 Å². The van der Waals surface area contributed by atoms with E-state index in [-0.39, 0.29) is 0 Å². The van der Waals surface area contributed by atoms with Crippen molar-refractivity contribution >= 4 is 45.8 Å². The predicted octanol–water partition coefficient (Wildman–Crippen LogP) is 12.9. The molecule has 256 valence electrons. The van der Waals surface area contributed by atoms with Crippen LogP contribution in [0.2, 0.25) is 0 Å². The Hall–Kier alpha value is -6.90. The smallest absolute Gasteiger partial charge is 0.178 e. The van der Waals surface area contributed by atoms with E-state index < -0.39 is 11.2 Å². The van der Waals surface area contributed by atoms with Crippen LogP contribution in [0.5, 0.6) is 11.5 Å². The molecule has 2 heterocycles. The molecule has 8 aromatic rings. The van der Waals surface area contributed by atoms with Crippen LogP contribution in [0.4, 0.5) is 0 Å². The molecule has 0 aliphatic carbocycles. The van der Waals surface area contributed by atoms with Crippen LogP contribution in [0.15, 0.2) is 194 Å². The van der Waals surface area contributed by atoms with Crippen LogP contribution in [0.25, 0.3) is 45.8 Å². The summed E-state index contributed by atoms with van der Waals surface area (Å²) in [6.07, 6.45) is 13.3. The Labute approximate surface area is 315 Å². The average molecular weight is 693 g/mol. The molecule has 0 spiro atoms. The monoisotopic (exact) mass is 692 g/mol. The Kier molecular flexibility index (Phi) is 7.63. The van der Waals surface area contributed by atoms with Crippen LogP contribution < -0.4 is 9.47 Å². The minimum absolute atomic E-state index is 0.804. The van der Waals surface area contributed by atoms with Crippen LogP contribution in [0, 0.1) is 0 Å². The first kappa shape index (κ1) is 31.8. The molecule has 2 aliphatic rings. The van der Waals surface area contributed by atoms with Crippen molar-refractivity contribution < 1.29 is 9.47 Å². The zero-order chi connectivity index (χ0) is 36.0. The number of benzene rings is 8. The first-order chi connectivity index (χ1) is 26.7. The summed E-state index contributed by atoms with van der Waals surface area (Å²) < 4.78 is 14.7. The summed E-state index contributed by atoms with van der Waals surface area (Å²) in [4.78, 5) is 0. The highest BCUT2D eigenvalue weighted by Crippen LogP contribution is 2.49. The standard InChI is InChI=1S/C52H36O2/c1-5-19-41(20-6-1)51(42-21-7-2-8-22-42)33-31-47-45-27-15-13-17-37(45)35-39(49(47)53-51)29-30-40-36-38-18-14-16-28-46(38)48-32-34-52(54-50(40)48,43-23-9-3-10-24-43)44-25-11-4-12-26-44/h1-36H/b30-29-. The van der Waals surface area contributed by atoms with Gasteiger partial charge in [-0.05, 0) is 58.0 Å². The van der Waals surface area contributed by atoms with E-state index in [0.717, 1.165) is 77.6 Å². The van der Waals surface area contributed by atoms with Crippen LogP contribution in [-0.4, -0.2) is 0 Å². The second-order valence-corrected chi connectivity index (χ2v) is 14.0. The third-order valence-corrected chi connectivity index (χ3v) is 10.9. The summed E-state index contributed by atoms with van der Waals surface area (Å²) in [6.45, 7) is 0. The van der Waals surface area contributed by atoms with Gasteiger partial charge in [-0.3, -0.25) is 0 Å². The molecule has 8 aromatic carbocycles. The van der Waals surface area contributed by atoms with Crippen LogP contribution >= 0.6 is 0 Å². The fourth-order valence-electron chi connectivity index (χ4n) is 8.23. The summed E-state index contributed by atoms with van der Waals surface area (Å²) in [5.74, 6) is 1.69. The maximum atomic E-state index is 7.37. The second-order valence-electron chi connectivity index (χ2n) is 14.0. The van der Waals surface area contributed by atoms with Gasteiger partial charge < -0.3 is 9.47 Å². The van der Waals surface area contributed by atoms with Crippen molar-refractivity contribution in [3.8, 4) is 11.5 Å². The number of fused-ring (bicyclic) bond motifs is 6. The van der Waals surface area contributed by atoms with Gasteiger partial charge in [-0.2, -0.15) is 0 Å². The number of ether oxygens (including phenoxy) is 2. The van der Waals surface area contributed by atoms with Crippen molar-refractivity contribution in [3.63, 3.8) is 0 Å². The maximum absolute atomic E-state index is 7.37. The second kappa shape index (κ2) is 12.9. The zero-order valence-corrected chi connectivity index (χ0v) is 29.6. The van der Waals surface area contributed by atoms with Gasteiger partial charge in [0.25, 0.3) is 0 Å². The highest BCUT2D eigenvalue weighted by Gasteiger charge is 2.39. The molecule has 0 aromatic heterocycles. The molecular weight excluding hydrogens is 657 g/mol. The lowest BCUT2D eigenvalue weighted by Crippen LogP contribution is -2.34. The summed E-state index contributed by atoms with van der Waals surface area (Å²) in [7, 11) is 0. The number of rotatable bonds is 6. The van der Waals surface area contributed by atoms with Crippen molar-refractivity contribution in [1.29, 1.82) is 0 Å². The molecule has 2 aliphatic heterocycles. The Morgan fingerprint density at radius 2 is 0.667 bits per heavy atom. The normalized spacial score (nSPS) is 15.0. The SMILES string of the molecule is C1=CC(c2ccccc2)(c2ccccc2)Oc2c(/C=C\c3cc4ccccc4c4c3OC(c3ccccc3)(c3ccccc3)C=C4)cc3ccccc3c21. The van der Waals surface area contributed by atoms with Gasteiger partial charge in [-0.1, -0.05) is 182 Å². The van der Waals surface area contributed by atoms with E-state index in [1.165, 1.54) is 0 Å². The lowest BCUT2D eigenvalue weighted by atomic mass is 9.82. The van der Waals surface area contributed by atoms with Crippen LogP contribution in [-0.2, 0) is 11.2 Å². The van der Waals surface area contributed by atoms with Crippen molar-refractivity contribution in [1.82, 2.24) is 0 Å². The first-order valence-corrected chi connectivity index (χ1v) is 18.5. The highest BCUT2D eigenvalue weighted by atomic mass is 16.5. The fraction of sp³-hybridized carbons (Fsp3) is 0.0385. The minimum Gasteiger partial charge on any atom is -0.472 e. The molecule has 0 saturated carbocycles. The van der Waals surface area contributed by atoms with Gasteiger partial charge in [0.05, 0.1) is 0 Å². The lowest BCUT2D eigenvalue weighted by molar-refractivity contribution is 0.160. The third kappa shape index (κ3) is 5.18. The average Bonchev–Trinajstić information content (AvgIpc) is 3.26. The van der Waals surface area contributed by atoms with Gasteiger partial charge >= 0.3 is 0 Å². The number of hydrogen-bond donors (Lipinski definition) is 0. The molecule has 0 N–H and O–H groups in total. The summed E-state index contributed by atoms with van der Waals surface area (Å²) >= 11 is 0. The molecule has 0 saturated heterocycles. The lowest BCUT2D eigenvalue weighted by Gasteiger charge is -2.37. The molecule has 0 bridgehead atoms. The molecule has 0 atom stereocenters. The molecule has 0 unspecified atom stereocenters. The Morgan fingerprint density at radius 3 is 1.02 bits per heavy atom. The summed E-state index contributed by atoms with van der Waals surface area (Å²) in [5, 5.41) is 4.62. The quantitative estimate of drug-likeness (QED) is 0.162. The summed E-state index contributed by atoms with van der Waals surface area (Å²) in [6, 6.07) is 63.6. The maximum Gasteiger partial charge on any atom is 0.178 e.